The molecule has 0 saturated carbocycles. The van der Waals surface area contributed by atoms with Crippen molar-refractivity contribution in [2.45, 2.75) is 6.42 Å². The predicted molar refractivity (Wildman–Crippen MR) is 79.6 cm³/mol. The minimum Gasteiger partial charge on any atom is -0.493 e. The van der Waals surface area contributed by atoms with Gasteiger partial charge in [0.2, 0.25) is 0 Å². The zero-order valence-corrected chi connectivity index (χ0v) is 11.4. The molecule has 0 unspecified atom stereocenters. The third-order valence-electron chi connectivity index (χ3n) is 3.22. The molecule has 1 aromatic heterocycles. The van der Waals surface area contributed by atoms with E-state index in [1.54, 1.807) is 18.6 Å². The number of aromatic amines is 1. The Hall–Kier alpha value is -2.62. The summed E-state index contributed by atoms with van der Waals surface area (Å²) >= 11 is 0. The number of halogens is 1. The largest absolute Gasteiger partial charge is 0.493 e. The number of imidazole rings is 1. The fourth-order valence-corrected chi connectivity index (χ4v) is 2.17. The fraction of sp³-hybridized carbons (Fsp3) is 0.118. The predicted octanol–water partition coefficient (Wildman–Crippen LogP) is 3.84. The van der Waals surface area contributed by atoms with Crippen molar-refractivity contribution in [3.63, 3.8) is 0 Å². The highest BCUT2D eigenvalue weighted by atomic mass is 19.1. The van der Waals surface area contributed by atoms with Gasteiger partial charge in [-0.25, -0.2) is 9.37 Å². The lowest BCUT2D eigenvalue weighted by Gasteiger charge is -2.10. The van der Waals surface area contributed by atoms with Crippen molar-refractivity contribution in [2.75, 3.05) is 6.61 Å². The van der Waals surface area contributed by atoms with Crippen LogP contribution in [0.15, 0.2) is 61.1 Å². The van der Waals surface area contributed by atoms with E-state index in [1.807, 2.05) is 18.2 Å². The maximum absolute atomic E-state index is 13.4. The van der Waals surface area contributed by atoms with Crippen molar-refractivity contribution < 1.29 is 9.13 Å². The molecule has 2 aromatic carbocycles. The highest BCUT2D eigenvalue weighted by Crippen LogP contribution is 2.29. The second-order valence-electron chi connectivity index (χ2n) is 4.69. The Kier molecular flexibility index (Phi) is 3.96. The fourth-order valence-electron chi connectivity index (χ4n) is 2.17. The third kappa shape index (κ3) is 3.28. The van der Waals surface area contributed by atoms with Gasteiger partial charge in [0.1, 0.15) is 11.6 Å². The summed E-state index contributed by atoms with van der Waals surface area (Å²) in [5.74, 6) is 0.353. The summed E-state index contributed by atoms with van der Waals surface area (Å²) in [6.45, 7) is 0.538. The second kappa shape index (κ2) is 6.22. The summed E-state index contributed by atoms with van der Waals surface area (Å²) in [7, 11) is 0. The number of hydrogen-bond acceptors (Lipinski definition) is 2. The van der Waals surface area contributed by atoms with Crippen molar-refractivity contribution in [3.8, 4) is 17.0 Å². The molecule has 21 heavy (non-hydrogen) atoms. The maximum Gasteiger partial charge on any atom is 0.128 e. The van der Waals surface area contributed by atoms with Crippen LogP contribution in [0.2, 0.25) is 0 Å². The summed E-state index contributed by atoms with van der Waals surface area (Å²) < 4.78 is 19.2. The van der Waals surface area contributed by atoms with Gasteiger partial charge < -0.3 is 9.72 Å². The van der Waals surface area contributed by atoms with E-state index in [2.05, 4.69) is 22.1 Å². The Morgan fingerprint density at radius 1 is 1.10 bits per heavy atom. The van der Waals surface area contributed by atoms with Crippen molar-refractivity contribution in [3.05, 3.63) is 72.4 Å². The van der Waals surface area contributed by atoms with Gasteiger partial charge in [-0.15, -0.1) is 0 Å². The lowest BCUT2D eigenvalue weighted by Crippen LogP contribution is -2.02. The van der Waals surface area contributed by atoms with Crippen LogP contribution >= 0.6 is 0 Å². The van der Waals surface area contributed by atoms with Gasteiger partial charge in [-0.3, -0.25) is 0 Å². The topological polar surface area (TPSA) is 37.9 Å². The minimum atomic E-state index is -0.296. The van der Waals surface area contributed by atoms with E-state index in [0.717, 1.165) is 12.1 Å². The van der Waals surface area contributed by atoms with Crippen LogP contribution in [0.25, 0.3) is 11.3 Å². The van der Waals surface area contributed by atoms with Gasteiger partial charge in [-0.1, -0.05) is 30.3 Å². The molecule has 0 bridgehead atoms. The van der Waals surface area contributed by atoms with Gasteiger partial charge in [0.05, 0.1) is 24.8 Å². The average Bonchev–Trinajstić information content (AvgIpc) is 3.04. The number of rotatable bonds is 5. The Labute approximate surface area is 122 Å². The van der Waals surface area contributed by atoms with E-state index in [0.29, 0.717) is 17.9 Å². The molecule has 0 spiro atoms. The molecule has 0 amide bonds. The molecule has 0 saturated heterocycles. The summed E-state index contributed by atoms with van der Waals surface area (Å²) in [5, 5.41) is 0. The van der Waals surface area contributed by atoms with Gasteiger partial charge in [-0.05, 0) is 23.8 Å². The molecule has 0 aliphatic heterocycles. The van der Waals surface area contributed by atoms with E-state index in [4.69, 9.17) is 4.74 Å². The van der Waals surface area contributed by atoms with Crippen LogP contribution in [0.5, 0.6) is 5.75 Å². The molecule has 106 valence electrons. The molecular formula is C17H15FN2O. The quantitative estimate of drug-likeness (QED) is 0.772. The number of benzene rings is 2. The molecule has 3 nitrogen and oxygen atoms in total. The highest BCUT2D eigenvalue weighted by molar-refractivity contribution is 5.66. The summed E-state index contributed by atoms with van der Waals surface area (Å²) in [6, 6.07) is 14.6. The van der Waals surface area contributed by atoms with Gasteiger partial charge in [0.15, 0.2) is 0 Å². The molecule has 0 aliphatic carbocycles. The van der Waals surface area contributed by atoms with Crippen LogP contribution in [0, 0.1) is 5.82 Å². The van der Waals surface area contributed by atoms with Crippen molar-refractivity contribution in [1.29, 1.82) is 0 Å². The molecule has 0 radical (unpaired) electrons. The van der Waals surface area contributed by atoms with Crippen LogP contribution in [-0.2, 0) is 6.42 Å². The second-order valence-corrected chi connectivity index (χ2v) is 4.69. The zero-order chi connectivity index (χ0) is 14.5. The Morgan fingerprint density at radius 3 is 2.71 bits per heavy atom. The first-order valence-corrected chi connectivity index (χ1v) is 6.78. The van der Waals surface area contributed by atoms with Crippen molar-refractivity contribution in [1.82, 2.24) is 9.97 Å². The van der Waals surface area contributed by atoms with Crippen molar-refractivity contribution in [2.24, 2.45) is 0 Å². The van der Waals surface area contributed by atoms with Crippen molar-refractivity contribution >= 4 is 0 Å². The monoisotopic (exact) mass is 282 g/mol. The van der Waals surface area contributed by atoms with E-state index in [1.165, 1.54) is 17.7 Å². The van der Waals surface area contributed by atoms with E-state index < -0.39 is 0 Å². The standard InChI is InChI=1S/C17H15FN2O/c18-14-6-7-17(15(10-14)16-11-19-12-20-16)21-9-8-13-4-2-1-3-5-13/h1-7,10-12H,8-9H2,(H,19,20). The van der Waals surface area contributed by atoms with Gasteiger partial charge in [-0.2, -0.15) is 0 Å². The molecular weight excluding hydrogens is 267 g/mol. The Morgan fingerprint density at radius 2 is 1.95 bits per heavy atom. The molecule has 3 aromatic rings. The summed E-state index contributed by atoms with van der Waals surface area (Å²) in [6.07, 6.45) is 4.02. The van der Waals surface area contributed by atoms with E-state index >= 15 is 0 Å². The Balaban J connectivity index is 1.73. The first kappa shape index (κ1) is 13.4. The molecule has 1 heterocycles. The number of hydrogen-bond donors (Lipinski definition) is 1. The van der Waals surface area contributed by atoms with Gasteiger partial charge in [0.25, 0.3) is 0 Å². The number of aromatic nitrogens is 2. The molecule has 1 N–H and O–H groups in total. The number of nitrogens with one attached hydrogen (secondary N) is 1. The lowest BCUT2D eigenvalue weighted by atomic mass is 10.1. The highest BCUT2D eigenvalue weighted by Gasteiger charge is 2.09. The number of nitrogens with zero attached hydrogens (tertiary/aromatic N) is 1. The lowest BCUT2D eigenvalue weighted by molar-refractivity contribution is 0.322. The average molecular weight is 282 g/mol. The summed E-state index contributed by atoms with van der Waals surface area (Å²) in [4.78, 5) is 6.94. The van der Waals surface area contributed by atoms with Gasteiger partial charge in [0, 0.05) is 12.0 Å². The van der Waals surface area contributed by atoms with Crippen LogP contribution in [-0.4, -0.2) is 16.6 Å². The molecule has 3 rings (SSSR count). The van der Waals surface area contributed by atoms with Crippen LogP contribution in [0.4, 0.5) is 4.39 Å². The third-order valence-corrected chi connectivity index (χ3v) is 3.22. The van der Waals surface area contributed by atoms with Crippen LogP contribution in [0.3, 0.4) is 0 Å². The summed E-state index contributed by atoms with van der Waals surface area (Å²) in [5.41, 5.74) is 2.63. The SMILES string of the molecule is Fc1ccc(OCCc2ccccc2)c(-c2cnc[nH]2)c1. The normalized spacial score (nSPS) is 10.5. The van der Waals surface area contributed by atoms with Crippen LogP contribution < -0.4 is 4.74 Å². The Bertz CT molecular complexity index is 696. The number of ether oxygens (including phenoxy) is 1. The molecule has 0 fully saturated rings. The smallest absolute Gasteiger partial charge is 0.128 e. The molecule has 0 atom stereocenters. The zero-order valence-electron chi connectivity index (χ0n) is 11.4. The van der Waals surface area contributed by atoms with E-state index in [-0.39, 0.29) is 5.82 Å². The van der Waals surface area contributed by atoms with Gasteiger partial charge >= 0.3 is 0 Å². The number of H-pyrrole nitrogens is 1. The van der Waals surface area contributed by atoms with E-state index in [9.17, 15) is 4.39 Å². The molecule has 0 aliphatic rings. The van der Waals surface area contributed by atoms with Crippen LogP contribution in [0.1, 0.15) is 5.56 Å². The molecule has 4 heteroatoms. The first-order chi connectivity index (χ1) is 10.3. The first-order valence-electron chi connectivity index (χ1n) is 6.78. The minimum absolute atomic E-state index is 0.296. The maximum atomic E-state index is 13.4.